The van der Waals surface area contributed by atoms with Gasteiger partial charge in [0.2, 0.25) is 12.8 Å². The molecule has 1 heterocycles. The Morgan fingerprint density at radius 2 is 1.49 bits per heavy atom. The number of hydrogen-bond acceptors (Lipinski definition) is 5. The van der Waals surface area contributed by atoms with Crippen LogP contribution in [0.5, 0.6) is 0 Å². The van der Waals surface area contributed by atoms with E-state index in [2.05, 4.69) is 10.6 Å². The highest BCUT2D eigenvalue weighted by Gasteiger charge is 2.47. The number of aryl methyl sites for hydroxylation is 2. The summed E-state index contributed by atoms with van der Waals surface area (Å²) in [5.74, 6) is -0.584. The fraction of sp³-hybridized carbons (Fsp3) is 0.267. The van der Waals surface area contributed by atoms with Gasteiger partial charge in [0, 0.05) is 11.4 Å². The van der Waals surface area contributed by atoms with E-state index in [1.54, 1.807) is 12.1 Å². The number of amides is 3. The normalized spacial score (nSPS) is 15.6. The predicted molar refractivity (Wildman–Crippen MR) is 149 cm³/mol. The van der Waals surface area contributed by atoms with E-state index in [0.29, 0.717) is 61.4 Å². The van der Waals surface area contributed by atoms with E-state index in [9.17, 15) is 18.8 Å². The lowest BCUT2D eigenvalue weighted by molar-refractivity contribution is -0.117. The SMILES string of the molecule is NCCCCC1(C2=NN(c3ccc(F)cc3)C(=O)C2)c2ccc(NC=O)cc2CCc2cc(NC=O)ccc21. The fourth-order valence-corrected chi connectivity index (χ4v) is 5.87. The zero-order valence-electron chi connectivity index (χ0n) is 21.5. The fourth-order valence-electron chi connectivity index (χ4n) is 5.87. The molecule has 1 aliphatic heterocycles. The third kappa shape index (κ3) is 4.93. The van der Waals surface area contributed by atoms with Crippen molar-refractivity contribution < 1.29 is 18.8 Å². The number of hydrogen-bond donors (Lipinski definition) is 3. The lowest BCUT2D eigenvalue weighted by Gasteiger charge is -2.37. The molecule has 5 rings (SSSR count). The number of nitrogens with one attached hydrogen (secondary N) is 2. The van der Waals surface area contributed by atoms with Gasteiger partial charge in [-0.15, -0.1) is 0 Å². The topological polar surface area (TPSA) is 117 Å². The number of hydrazone groups is 1. The molecule has 4 N–H and O–H groups in total. The third-order valence-corrected chi connectivity index (χ3v) is 7.59. The summed E-state index contributed by atoms with van der Waals surface area (Å²) in [6.45, 7) is 0.535. The van der Waals surface area contributed by atoms with E-state index in [-0.39, 0.29) is 18.1 Å². The Kier molecular flexibility index (Phi) is 7.51. The maximum absolute atomic E-state index is 13.6. The van der Waals surface area contributed by atoms with Crippen molar-refractivity contribution in [2.75, 3.05) is 22.2 Å². The Morgan fingerprint density at radius 1 is 0.897 bits per heavy atom. The molecular weight excluding hydrogens is 497 g/mol. The molecule has 8 nitrogen and oxygen atoms in total. The molecule has 2 aliphatic rings. The number of carbonyl (C=O) groups excluding carboxylic acids is 3. The largest absolute Gasteiger partial charge is 0.330 e. The highest BCUT2D eigenvalue weighted by Crippen LogP contribution is 2.47. The first-order valence-electron chi connectivity index (χ1n) is 13.0. The Labute approximate surface area is 226 Å². The van der Waals surface area contributed by atoms with Crippen LogP contribution < -0.4 is 21.4 Å². The van der Waals surface area contributed by atoms with Gasteiger partial charge in [0.05, 0.1) is 23.2 Å². The summed E-state index contributed by atoms with van der Waals surface area (Å²) in [4.78, 5) is 35.7. The van der Waals surface area contributed by atoms with Crippen LogP contribution in [0, 0.1) is 5.82 Å². The molecule has 1 aliphatic carbocycles. The van der Waals surface area contributed by atoms with Gasteiger partial charge >= 0.3 is 0 Å². The van der Waals surface area contributed by atoms with Crippen molar-refractivity contribution in [3.63, 3.8) is 0 Å². The van der Waals surface area contributed by atoms with E-state index in [4.69, 9.17) is 10.8 Å². The van der Waals surface area contributed by atoms with Crippen LogP contribution in [0.2, 0.25) is 0 Å². The summed E-state index contributed by atoms with van der Waals surface area (Å²) in [5, 5.41) is 11.7. The molecule has 3 aromatic carbocycles. The van der Waals surface area contributed by atoms with Crippen LogP contribution in [0.1, 0.15) is 47.9 Å². The average molecular weight is 528 g/mol. The van der Waals surface area contributed by atoms with Gasteiger partial charge in [0.15, 0.2) is 0 Å². The van der Waals surface area contributed by atoms with Crippen molar-refractivity contribution in [1.82, 2.24) is 0 Å². The molecule has 0 radical (unpaired) electrons. The maximum Gasteiger partial charge on any atom is 0.253 e. The van der Waals surface area contributed by atoms with Crippen LogP contribution >= 0.6 is 0 Å². The van der Waals surface area contributed by atoms with E-state index >= 15 is 0 Å². The van der Waals surface area contributed by atoms with Gasteiger partial charge in [0.25, 0.3) is 5.91 Å². The zero-order valence-corrected chi connectivity index (χ0v) is 21.5. The smallest absolute Gasteiger partial charge is 0.253 e. The van der Waals surface area contributed by atoms with E-state index in [1.807, 2.05) is 36.4 Å². The Hall–Kier alpha value is -4.37. The molecule has 0 aromatic heterocycles. The molecule has 0 unspecified atom stereocenters. The summed E-state index contributed by atoms with van der Waals surface area (Å²) in [6, 6.07) is 17.4. The molecule has 39 heavy (non-hydrogen) atoms. The summed E-state index contributed by atoms with van der Waals surface area (Å²) >= 11 is 0. The second-order valence-corrected chi connectivity index (χ2v) is 9.82. The molecule has 0 atom stereocenters. The number of benzene rings is 3. The van der Waals surface area contributed by atoms with Gasteiger partial charge in [-0.1, -0.05) is 18.6 Å². The van der Waals surface area contributed by atoms with Gasteiger partial charge in [-0.05, 0) is 103 Å². The van der Waals surface area contributed by atoms with Gasteiger partial charge in [-0.25, -0.2) is 9.40 Å². The Morgan fingerprint density at radius 3 is 2.03 bits per heavy atom. The van der Waals surface area contributed by atoms with Crippen molar-refractivity contribution in [1.29, 1.82) is 0 Å². The van der Waals surface area contributed by atoms with Crippen molar-refractivity contribution in [3.8, 4) is 0 Å². The van der Waals surface area contributed by atoms with Crippen LogP contribution in [0.25, 0.3) is 0 Å². The number of anilines is 3. The van der Waals surface area contributed by atoms with E-state index in [1.165, 1.54) is 17.1 Å². The zero-order chi connectivity index (χ0) is 27.4. The number of rotatable bonds is 10. The van der Waals surface area contributed by atoms with Crippen LogP contribution in [0.4, 0.5) is 21.5 Å². The first-order chi connectivity index (χ1) is 19.0. The van der Waals surface area contributed by atoms with Crippen molar-refractivity contribution in [3.05, 3.63) is 88.7 Å². The summed E-state index contributed by atoms with van der Waals surface area (Å²) in [7, 11) is 0. The van der Waals surface area contributed by atoms with E-state index < -0.39 is 5.41 Å². The summed E-state index contributed by atoms with van der Waals surface area (Å²) < 4.78 is 13.6. The van der Waals surface area contributed by atoms with Crippen LogP contribution in [0.15, 0.2) is 65.8 Å². The standard InChI is InChI=1S/C30H30FN5O3/c31-22-5-9-25(10-6-22)36-29(39)17-28(35-36)30(13-1-2-14-32)26-11-7-23(33-18-37)15-20(26)3-4-21-16-24(34-19-38)8-12-27(21)30/h5-12,15-16,18-19H,1-4,13-14,17,32H2,(H,33,37)(H,34,38). The van der Waals surface area contributed by atoms with Gasteiger partial charge in [-0.2, -0.15) is 5.10 Å². The molecule has 200 valence electrons. The Balaban J connectivity index is 1.74. The highest BCUT2D eigenvalue weighted by molar-refractivity contribution is 6.18. The minimum absolute atomic E-state index is 0.0988. The molecule has 0 saturated carbocycles. The molecule has 9 heteroatoms. The molecule has 0 saturated heterocycles. The lowest BCUT2D eigenvalue weighted by atomic mass is 9.65. The number of nitrogens with two attached hydrogens (primary N) is 1. The van der Waals surface area contributed by atoms with Gasteiger partial charge < -0.3 is 16.4 Å². The second kappa shape index (κ2) is 11.2. The van der Waals surface area contributed by atoms with Gasteiger partial charge in [0.1, 0.15) is 5.82 Å². The van der Waals surface area contributed by atoms with Crippen LogP contribution in [-0.4, -0.2) is 31.0 Å². The number of halogens is 1. The molecule has 3 aromatic rings. The van der Waals surface area contributed by atoms with Crippen molar-refractivity contribution >= 4 is 41.5 Å². The van der Waals surface area contributed by atoms with Gasteiger partial charge in [-0.3, -0.25) is 14.4 Å². The monoisotopic (exact) mass is 527 g/mol. The van der Waals surface area contributed by atoms with Crippen molar-refractivity contribution in [2.24, 2.45) is 10.8 Å². The lowest BCUT2D eigenvalue weighted by Crippen LogP contribution is -2.38. The molecule has 0 spiro atoms. The minimum Gasteiger partial charge on any atom is -0.330 e. The summed E-state index contributed by atoms with van der Waals surface area (Å²) in [6.07, 6.45) is 5.05. The Bertz CT molecular complexity index is 1380. The molecule has 3 amide bonds. The first kappa shape index (κ1) is 26.2. The number of carbonyl (C=O) groups is 3. The second-order valence-electron chi connectivity index (χ2n) is 9.82. The maximum atomic E-state index is 13.6. The number of unbranched alkanes of at least 4 members (excludes halogenated alkanes) is 1. The number of fused-ring (bicyclic) bond motifs is 2. The van der Waals surface area contributed by atoms with E-state index in [0.717, 1.165) is 35.1 Å². The molecule has 0 fully saturated rings. The predicted octanol–water partition coefficient (Wildman–Crippen LogP) is 4.27. The van der Waals surface area contributed by atoms with Crippen LogP contribution in [0.3, 0.4) is 0 Å². The quantitative estimate of drug-likeness (QED) is 0.270. The minimum atomic E-state index is -0.750. The highest BCUT2D eigenvalue weighted by atomic mass is 19.1. The van der Waals surface area contributed by atoms with Crippen molar-refractivity contribution in [2.45, 2.75) is 43.9 Å². The molecular formula is C30H30FN5O3. The third-order valence-electron chi connectivity index (χ3n) is 7.59. The summed E-state index contributed by atoms with van der Waals surface area (Å²) in [5.41, 5.74) is 11.9. The first-order valence-corrected chi connectivity index (χ1v) is 13.0. The van der Waals surface area contributed by atoms with Crippen LogP contribution in [-0.2, 0) is 32.6 Å². The average Bonchev–Trinajstić information content (AvgIpc) is 3.27. The molecule has 0 bridgehead atoms. The number of nitrogens with zero attached hydrogens (tertiary/aromatic N) is 2.